The zero-order chi connectivity index (χ0) is 22.7. The molecule has 0 atom stereocenters. The highest BCUT2D eigenvalue weighted by Crippen LogP contribution is 2.33. The first-order chi connectivity index (χ1) is 15.4. The van der Waals surface area contributed by atoms with Crippen LogP contribution >= 0.6 is 11.3 Å². The molecule has 8 nitrogen and oxygen atoms in total. The Kier molecular flexibility index (Phi) is 5.82. The Labute approximate surface area is 185 Å². The molecule has 2 aromatic carbocycles. The van der Waals surface area contributed by atoms with E-state index >= 15 is 0 Å². The molecular weight excluding hydrogens is 430 g/mol. The molecule has 9 heteroatoms. The number of nitrogens with one attached hydrogen (secondary N) is 1. The average Bonchev–Trinajstić information content (AvgIpc) is 3.44. The summed E-state index contributed by atoms with van der Waals surface area (Å²) in [5.74, 6) is -0.207. The van der Waals surface area contributed by atoms with Gasteiger partial charge in [-0.2, -0.15) is 0 Å². The highest BCUT2D eigenvalue weighted by molar-refractivity contribution is 7.07. The van der Waals surface area contributed by atoms with Crippen molar-refractivity contribution in [1.82, 2.24) is 4.98 Å². The second-order valence-corrected chi connectivity index (χ2v) is 7.90. The van der Waals surface area contributed by atoms with Gasteiger partial charge in [-0.3, -0.25) is 19.7 Å². The van der Waals surface area contributed by atoms with E-state index in [1.165, 1.54) is 24.5 Å². The summed E-state index contributed by atoms with van der Waals surface area (Å²) in [6, 6.07) is 17.2. The van der Waals surface area contributed by atoms with Gasteiger partial charge in [0.25, 0.3) is 11.2 Å². The summed E-state index contributed by atoms with van der Waals surface area (Å²) >= 11 is 1.08. The number of nitro groups is 1. The van der Waals surface area contributed by atoms with Gasteiger partial charge in [0.15, 0.2) is 5.76 Å². The van der Waals surface area contributed by atoms with Gasteiger partial charge in [0, 0.05) is 24.9 Å². The summed E-state index contributed by atoms with van der Waals surface area (Å²) in [7, 11) is 1.75. The van der Waals surface area contributed by atoms with Crippen molar-refractivity contribution in [2.24, 2.45) is 0 Å². The lowest BCUT2D eigenvalue weighted by molar-refractivity contribution is -0.384. The topological polar surface area (TPSA) is 109 Å². The van der Waals surface area contributed by atoms with Crippen molar-refractivity contribution in [2.45, 2.75) is 0 Å². The third kappa shape index (κ3) is 4.42. The number of hydrogen-bond acceptors (Lipinski definition) is 7. The fourth-order valence-corrected chi connectivity index (χ4v) is 4.02. The van der Waals surface area contributed by atoms with Crippen LogP contribution in [0, 0.1) is 10.1 Å². The molecule has 0 fully saturated rings. The van der Waals surface area contributed by atoms with Gasteiger partial charge in [0.2, 0.25) is 5.78 Å². The number of nitro benzene ring substituents is 1. The second-order valence-electron chi connectivity index (χ2n) is 6.81. The average molecular weight is 447 g/mol. The molecule has 2 aromatic heterocycles. The molecule has 0 saturated carbocycles. The molecule has 0 radical (unpaired) electrons. The third-order valence-corrected chi connectivity index (χ3v) is 5.67. The Morgan fingerprint density at radius 2 is 1.94 bits per heavy atom. The minimum atomic E-state index is -0.452. The van der Waals surface area contributed by atoms with Gasteiger partial charge in [-0.15, -0.1) is 11.3 Å². The molecule has 0 amide bonds. The number of Topliss-reactive ketones (excluding diaryl/α,β-unsaturated/α-hetero) is 1. The second kappa shape index (κ2) is 8.86. The number of ketones is 1. The van der Waals surface area contributed by atoms with Crippen molar-refractivity contribution >= 4 is 46.3 Å². The van der Waals surface area contributed by atoms with Crippen molar-refractivity contribution in [3.05, 3.63) is 108 Å². The van der Waals surface area contributed by atoms with E-state index in [1.807, 2.05) is 30.3 Å². The summed E-state index contributed by atoms with van der Waals surface area (Å²) in [5.41, 5.74) is 1.26. The van der Waals surface area contributed by atoms with Crippen LogP contribution in [0.1, 0.15) is 16.1 Å². The predicted molar refractivity (Wildman–Crippen MR) is 123 cm³/mol. The van der Waals surface area contributed by atoms with Crippen LogP contribution in [-0.2, 0) is 0 Å². The number of nitrogens with zero attached hydrogens (tertiary/aromatic N) is 2. The Morgan fingerprint density at radius 3 is 2.62 bits per heavy atom. The number of aromatic amines is 1. The summed E-state index contributed by atoms with van der Waals surface area (Å²) in [4.78, 5) is 40.1. The van der Waals surface area contributed by atoms with Crippen LogP contribution in [0.15, 0.2) is 76.1 Å². The van der Waals surface area contributed by atoms with Gasteiger partial charge in [-0.1, -0.05) is 24.3 Å². The number of benzene rings is 2. The smallest absolute Gasteiger partial charge is 0.293 e. The van der Waals surface area contributed by atoms with E-state index in [9.17, 15) is 19.7 Å². The predicted octanol–water partition coefficient (Wildman–Crippen LogP) is 3.20. The number of carbonyl (C=O) groups excluding carboxylic acids is 1. The summed E-state index contributed by atoms with van der Waals surface area (Å²) in [6.45, 7) is 0. The van der Waals surface area contributed by atoms with Gasteiger partial charge in [0.1, 0.15) is 5.69 Å². The molecule has 160 valence electrons. The first-order valence-electron chi connectivity index (χ1n) is 9.50. The minimum absolute atomic E-state index is 0.0853. The van der Waals surface area contributed by atoms with Crippen LogP contribution in [0.2, 0.25) is 0 Å². The van der Waals surface area contributed by atoms with Crippen molar-refractivity contribution < 1.29 is 14.1 Å². The molecule has 1 N–H and O–H groups in total. The van der Waals surface area contributed by atoms with E-state index in [1.54, 1.807) is 36.2 Å². The number of aromatic nitrogens is 1. The number of para-hydroxylation sites is 1. The Morgan fingerprint density at radius 1 is 1.16 bits per heavy atom. The largest absolute Gasteiger partial charge is 0.461 e. The first-order valence-corrected chi connectivity index (χ1v) is 10.3. The molecule has 0 bridgehead atoms. The maximum absolute atomic E-state index is 12.3. The van der Waals surface area contributed by atoms with Crippen LogP contribution in [0.25, 0.3) is 12.2 Å². The van der Waals surface area contributed by atoms with E-state index in [-0.39, 0.29) is 22.8 Å². The van der Waals surface area contributed by atoms with Crippen LogP contribution < -0.4 is 19.7 Å². The highest BCUT2D eigenvalue weighted by Gasteiger charge is 2.18. The van der Waals surface area contributed by atoms with Crippen molar-refractivity contribution in [3.8, 4) is 0 Å². The van der Waals surface area contributed by atoms with Crippen molar-refractivity contribution in [3.63, 3.8) is 0 Å². The summed E-state index contributed by atoms with van der Waals surface area (Å²) in [5, 5.41) is 11.7. The van der Waals surface area contributed by atoms with Crippen LogP contribution in [0.4, 0.5) is 17.1 Å². The SMILES string of the molecule is CN(c1ccccc1)c1ccc(/C=c2\s/c(=C\C(=O)c3ccco3)[nH]c2=O)cc1[N+](=O)[O-]. The Bertz CT molecular complexity index is 1450. The highest BCUT2D eigenvalue weighted by atomic mass is 32.1. The van der Waals surface area contributed by atoms with E-state index in [0.29, 0.717) is 20.4 Å². The molecule has 0 aliphatic rings. The quantitative estimate of drug-likeness (QED) is 0.276. The fraction of sp³-hybridized carbons (Fsp3) is 0.0435. The number of carbonyl (C=O) groups is 1. The van der Waals surface area contributed by atoms with Crippen LogP contribution in [0.3, 0.4) is 0 Å². The molecular formula is C23H17N3O5S. The maximum Gasteiger partial charge on any atom is 0.293 e. The van der Waals surface area contributed by atoms with Gasteiger partial charge in [-0.05, 0) is 42.0 Å². The lowest BCUT2D eigenvalue weighted by Gasteiger charge is -2.19. The first kappa shape index (κ1) is 21.0. The fourth-order valence-electron chi connectivity index (χ4n) is 3.14. The zero-order valence-electron chi connectivity index (χ0n) is 16.8. The van der Waals surface area contributed by atoms with E-state index in [0.717, 1.165) is 17.0 Å². The normalized spacial score (nSPS) is 12.2. The Hall–Kier alpha value is -4.24. The summed E-state index contributed by atoms with van der Waals surface area (Å²) < 4.78 is 5.73. The van der Waals surface area contributed by atoms with Gasteiger partial charge >= 0.3 is 0 Å². The van der Waals surface area contributed by atoms with Crippen LogP contribution in [-0.4, -0.2) is 22.7 Å². The molecule has 0 unspecified atom stereocenters. The monoisotopic (exact) mass is 447 g/mol. The molecule has 0 spiro atoms. The maximum atomic E-state index is 12.3. The van der Waals surface area contributed by atoms with Crippen LogP contribution in [0.5, 0.6) is 0 Å². The number of furan rings is 1. The van der Waals surface area contributed by atoms with Gasteiger partial charge < -0.3 is 14.3 Å². The molecule has 4 aromatic rings. The van der Waals surface area contributed by atoms with E-state index in [4.69, 9.17) is 4.42 Å². The number of thiazole rings is 1. The lowest BCUT2D eigenvalue weighted by atomic mass is 10.1. The number of anilines is 2. The van der Waals surface area contributed by atoms with Gasteiger partial charge in [0.05, 0.1) is 20.4 Å². The molecule has 0 aliphatic carbocycles. The summed E-state index contributed by atoms with van der Waals surface area (Å²) in [6.07, 6.45) is 4.23. The number of hydrogen-bond donors (Lipinski definition) is 1. The number of rotatable bonds is 6. The Balaban J connectivity index is 1.71. The van der Waals surface area contributed by atoms with Crippen molar-refractivity contribution in [1.29, 1.82) is 0 Å². The molecule has 32 heavy (non-hydrogen) atoms. The lowest BCUT2D eigenvalue weighted by Crippen LogP contribution is -2.20. The molecule has 2 heterocycles. The van der Waals surface area contributed by atoms with Crippen molar-refractivity contribution in [2.75, 3.05) is 11.9 Å². The van der Waals surface area contributed by atoms with E-state index < -0.39 is 4.92 Å². The van der Waals surface area contributed by atoms with E-state index in [2.05, 4.69) is 4.98 Å². The zero-order valence-corrected chi connectivity index (χ0v) is 17.7. The molecule has 0 aliphatic heterocycles. The standard InChI is InChI=1S/C23H17N3O5S/c1-25(16-6-3-2-4-7-16)17-10-9-15(12-18(17)26(29)30)13-21-23(28)24-22(32-21)14-19(27)20-8-5-11-31-20/h2-14H,1H3,(H,24,28)/b21-13-,22-14-. The molecule has 4 rings (SSSR count). The molecule has 0 saturated heterocycles. The third-order valence-electron chi connectivity index (χ3n) is 4.71. The minimum Gasteiger partial charge on any atom is -0.461 e. The van der Waals surface area contributed by atoms with Gasteiger partial charge in [-0.25, -0.2) is 0 Å². The number of H-pyrrole nitrogens is 1.